The maximum Gasteiger partial charge on any atom is 0.212 e. The van der Waals surface area contributed by atoms with E-state index in [1.807, 2.05) is 35.0 Å². The molecule has 0 amide bonds. The van der Waals surface area contributed by atoms with Gasteiger partial charge in [-0.1, -0.05) is 41.6 Å². The number of thioether (sulfide) groups is 1. The van der Waals surface area contributed by atoms with Crippen LogP contribution in [0.2, 0.25) is 0 Å². The Balaban J connectivity index is 1.55. The Morgan fingerprint density at radius 2 is 1.69 bits per heavy atom. The molecule has 5 rings (SSSR count). The predicted molar refractivity (Wildman–Crippen MR) is 100 cm³/mol. The minimum atomic E-state index is 0.574. The van der Waals surface area contributed by atoms with Gasteiger partial charge in [0.15, 0.2) is 17.3 Å². The Morgan fingerprint density at radius 1 is 0.923 bits per heavy atom. The number of hydrogen-bond donors (Lipinski definition) is 0. The summed E-state index contributed by atoms with van der Waals surface area (Å²) >= 11 is 1.63. The van der Waals surface area contributed by atoms with Gasteiger partial charge in [0.05, 0.1) is 5.71 Å². The number of nitrogens with zero attached hydrogens (tertiary/aromatic N) is 4. The Kier molecular flexibility index (Phi) is 3.67. The maximum absolute atomic E-state index is 5.70. The summed E-state index contributed by atoms with van der Waals surface area (Å²) in [5.41, 5.74) is 4.20. The molecule has 6 nitrogen and oxygen atoms in total. The zero-order chi connectivity index (χ0) is 17.5. The van der Waals surface area contributed by atoms with E-state index in [4.69, 9.17) is 14.6 Å². The first kappa shape index (κ1) is 15.5. The summed E-state index contributed by atoms with van der Waals surface area (Å²) in [6.45, 7) is 3.23. The lowest BCUT2D eigenvalue weighted by Crippen LogP contribution is -2.17. The second kappa shape index (κ2) is 6.17. The van der Waals surface area contributed by atoms with E-state index in [1.165, 1.54) is 5.56 Å². The quantitative estimate of drug-likeness (QED) is 0.698. The van der Waals surface area contributed by atoms with Crippen LogP contribution in [0.1, 0.15) is 11.1 Å². The fourth-order valence-corrected chi connectivity index (χ4v) is 3.81. The van der Waals surface area contributed by atoms with E-state index >= 15 is 0 Å². The summed E-state index contributed by atoms with van der Waals surface area (Å²) in [5, 5.41) is 14.2. The largest absolute Gasteiger partial charge is 0.486 e. The van der Waals surface area contributed by atoms with Crippen LogP contribution in [0.15, 0.2) is 52.7 Å². The molecule has 1 aromatic heterocycles. The molecule has 130 valence electrons. The highest BCUT2D eigenvalue weighted by Crippen LogP contribution is 2.33. The van der Waals surface area contributed by atoms with Crippen LogP contribution in [0, 0.1) is 6.92 Å². The molecule has 0 spiro atoms. The highest BCUT2D eigenvalue weighted by Gasteiger charge is 2.22. The molecule has 0 aliphatic carbocycles. The average Bonchev–Trinajstić information content (AvgIpc) is 3.11. The minimum absolute atomic E-state index is 0.574. The molecule has 0 atom stereocenters. The second-order valence-corrected chi connectivity index (χ2v) is 7.12. The first-order valence-corrected chi connectivity index (χ1v) is 9.39. The van der Waals surface area contributed by atoms with Gasteiger partial charge in [0.2, 0.25) is 5.16 Å². The fraction of sp³-hybridized carbons (Fsp3) is 0.211. The van der Waals surface area contributed by atoms with Crippen molar-refractivity contribution in [2.75, 3.05) is 19.0 Å². The van der Waals surface area contributed by atoms with Crippen molar-refractivity contribution in [3.8, 4) is 22.9 Å². The third kappa shape index (κ3) is 2.64. The summed E-state index contributed by atoms with van der Waals surface area (Å²) in [5.74, 6) is 3.05. The van der Waals surface area contributed by atoms with Crippen molar-refractivity contribution < 1.29 is 9.47 Å². The van der Waals surface area contributed by atoms with Crippen LogP contribution < -0.4 is 9.47 Å². The monoisotopic (exact) mass is 364 g/mol. The standard InChI is InChI=1S/C19H16N4O2S/c1-12-2-4-13(5-3-12)18-20-21-19-23(18)22-15(11-26-19)14-6-7-16-17(10-14)25-9-8-24-16/h2-7,10H,8-9,11H2,1H3. The molecule has 0 unspecified atom stereocenters. The highest BCUT2D eigenvalue weighted by molar-refractivity contribution is 7.99. The van der Waals surface area contributed by atoms with Crippen LogP contribution >= 0.6 is 11.8 Å². The predicted octanol–water partition coefficient (Wildman–Crippen LogP) is 3.38. The van der Waals surface area contributed by atoms with Crippen molar-refractivity contribution in [1.29, 1.82) is 0 Å². The molecule has 26 heavy (non-hydrogen) atoms. The van der Waals surface area contributed by atoms with Crippen LogP contribution in [0.3, 0.4) is 0 Å². The summed E-state index contributed by atoms with van der Waals surface area (Å²) in [6, 6.07) is 14.2. The molecule has 2 aliphatic heterocycles. The molecule has 0 N–H and O–H groups in total. The molecule has 2 aliphatic rings. The van der Waals surface area contributed by atoms with Crippen molar-refractivity contribution >= 4 is 17.5 Å². The Bertz CT molecular complexity index is 1010. The van der Waals surface area contributed by atoms with Crippen LogP contribution in [0.5, 0.6) is 11.5 Å². The zero-order valence-corrected chi connectivity index (χ0v) is 15.0. The van der Waals surface area contributed by atoms with Gasteiger partial charge in [0.1, 0.15) is 13.2 Å². The van der Waals surface area contributed by atoms with Crippen molar-refractivity contribution in [2.24, 2.45) is 5.10 Å². The zero-order valence-electron chi connectivity index (χ0n) is 14.2. The topological polar surface area (TPSA) is 61.5 Å². The Morgan fingerprint density at radius 3 is 2.54 bits per heavy atom. The molecular formula is C19H16N4O2S. The van der Waals surface area contributed by atoms with Crippen molar-refractivity contribution in [3.63, 3.8) is 0 Å². The van der Waals surface area contributed by atoms with Crippen molar-refractivity contribution in [3.05, 3.63) is 53.6 Å². The van der Waals surface area contributed by atoms with Gasteiger partial charge in [-0.25, -0.2) is 0 Å². The second-order valence-electron chi connectivity index (χ2n) is 6.18. The number of fused-ring (bicyclic) bond motifs is 2. The average molecular weight is 364 g/mol. The molecular weight excluding hydrogens is 348 g/mol. The van der Waals surface area contributed by atoms with Gasteiger partial charge >= 0.3 is 0 Å². The first-order chi connectivity index (χ1) is 12.8. The van der Waals surface area contributed by atoms with Gasteiger partial charge < -0.3 is 9.47 Å². The lowest BCUT2D eigenvalue weighted by Gasteiger charge is -2.20. The Hall–Kier alpha value is -2.80. The van der Waals surface area contributed by atoms with E-state index in [2.05, 4.69) is 29.3 Å². The van der Waals surface area contributed by atoms with E-state index in [1.54, 1.807) is 11.8 Å². The lowest BCUT2D eigenvalue weighted by atomic mass is 10.1. The van der Waals surface area contributed by atoms with Gasteiger partial charge in [-0.05, 0) is 25.1 Å². The van der Waals surface area contributed by atoms with Gasteiger partial charge in [-0.3, -0.25) is 0 Å². The summed E-state index contributed by atoms with van der Waals surface area (Å²) in [4.78, 5) is 0. The molecule has 0 radical (unpaired) electrons. The molecule has 0 fully saturated rings. The molecule has 0 bridgehead atoms. The van der Waals surface area contributed by atoms with E-state index in [9.17, 15) is 0 Å². The summed E-state index contributed by atoms with van der Waals surface area (Å²) in [7, 11) is 0. The van der Waals surface area contributed by atoms with Gasteiger partial charge in [-0.2, -0.15) is 9.78 Å². The van der Waals surface area contributed by atoms with Crippen molar-refractivity contribution in [2.45, 2.75) is 12.1 Å². The number of aromatic nitrogens is 3. The molecule has 3 aromatic rings. The van der Waals surface area contributed by atoms with Gasteiger partial charge in [0, 0.05) is 16.9 Å². The normalized spacial score (nSPS) is 15.3. The molecule has 0 saturated carbocycles. The fourth-order valence-electron chi connectivity index (χ4n) is 2.97. The molecule has 3 heterocycles. The first-order valence-electron chi connectivity index (χ1n) is 8.41. The van der Waals surface area contributed by atoms with E-state index in [-0.39, 0.29) is 0 Å². The molecule has 2 aromatic carbocycles. The third-order valence-corrected chi connectivity index (χ3v) is 5.29. The van der Waals surface area contributed by atoms with E-state index < -0.39 is 0 Å². The SMILES string of the molecule is Cc1ccc(-c2nnc3n2N=C(c2ccc4c(c2)OCCO4)CS3)cc1. The smallest absolute Gasteiger partial charge is 0.212 e. The maximum atomic E-state index is 5.70. The van der Waals surface area contributed by atoms with Crippen LogP contribution in [0.25, 0.3) is 11.4 Å². The van der Waals surface area contributed by atoms with E-state index in [0.717, 1.165) is 45.1 Å². The molecule has 0 saturated heterocycles. The van der Waals surface area contributed by atoms with Gasteiger partial charge in [0.25, 0.3) is 0 Å². The van der Waals surface area contributed by atoms with Crippen LogP contribution in [-0.4, -0.2) is 39.6 Å². The molecule has 7 heteroatoms. The number of rotatable bonds is 2. The lowest BCUT2D eigenvalue weighted by molar-refractivity contribution is 0.171. The number of benzene rings is 2. The van der Waals surface area contributed by atoms with Crippen LogP contribution in [-0.2, 0) is 0 Å². The van der Waals surface area contributed by atoms with Crippen LogP contribution in [0.4, 0.5) is 0 Å². The third-order valence-electron chi connectivity index (χ3n) is 4.36. The summed E-state index contributed by atoms with van der Waals surface area (Å²) in [6.07, 6.45) is 0. The Labute approximate surface area is 154 Å². The summed E-state index contributed by atoms with van der Waals surface area (Å²) < 4.78 is 13.1. The van der Waals surface area contributed by atoms with E-state index in [0.29, 0.717) is 13.2 Å². The number of hydrogen-bond acceptors (Lipinski definition) is 6. The van der Waals surface area contributed by atoms with Crippen molar-refractivity contribution in [1.82, 2.24) is 14.9 Å². The number of ether oxygens (including phenoxy) is 2. The number of aryl methyl sites for hydroxylation is 1. The highest BCUT2D eigenvalue weighted by atomic mass is 32.2. The van der Waals surface area contributed by atoms with Gasteiger partial charge in [-0.15, -0.1) is 10.2 Å². The minimum Gasteiger partial charge on any atom is -0.486 e.